The van der Waals surface area contributed by atoms with Crippen molar-refractivity contribution in [3.63, 3.8) is 0 Å². The van der Waals surface area contributed by atoms with E-state index in [0.29, 0.717) is 17.8 Å². The Morgan fingerprint density at radius 1 is 0.481 bits per heavy atom. The molecular weight excluding hydrogens is 324 g/mol. The van der Waals surface area contributed by atoms with Gasteiger partial charge in [0.15, 0.2) is 0 Å². The molecule has 0 amide bonds. The summed E-state index contributed by atoms with van der Waals surface area (Å²) < 4.78 is 0. The van der Waals surface area contributed by atoms with Crippen LogP contribution in [0.25, 0.3) is 21.5 Å². The average molecular weight is 365 g/mol. The van der Waals surface area contributed by atoms with E-state index in [1.54, 1.807) is 0 Å². The van der Waals surface area contributed by atoms with Gasteiger partial charge in [-0.15, -0.1) is 0 Å². The van der Waals surface area contributed by atoms with E-state index in [1.165, 1.54) is 43.8 Å². The maximum absolute atomic E-state index is 2.42. The molecular formula is C27H40. The van der Waals surface area contributed by atoms with Crippen LogP contribution in [-0.4, -0.2) is 0 Å². The van der Waals surface area contributed by atoms with Crippen LogP contribution < -0.4 is 0 Å². The van der Waals surface area contributed by atoms with Crippen molar-refractivity contribution < 1.29 is 0 Å². The molecule has 0 unspecified atom stereocenters. The number of aryl methyl sites for hydroxylation is 1. The summed E-state index contributed by atoms with van der Waals surface area (Å²) in [6.07, 6.45) is 0. The van der Waals surface area contributed by atoms with E-state index in [-0.39, 0.29) is 7.43 Å². The molecule has 0 aromatic heterocycles. The molecule has 0 heteroatoms. The summed E-state index contributed by atoms with van der Waals surface area (Å²) >= 11 is 0. The summed E-state index contributed by atoms with van der Waals surface area (Å²) in [6, 6.07) is 14.3. The van der Waals surface area contributed by atoms with Crippen LogP contribution in [-0.2, 0) is 0 Å². The highest BCUT2D eigenvalue weighted by molar-refractivity contribution is 5.99. The van der Waals surface area contributed by atoms with Crippen LogP contribution in [0.3, 0.4) is 0 Å². The Morgan fingerprint density at radius 2 is 0.778 bits per heavy atom. The normalized spacial score (nSPS) is 11.1. The van der Waals surface area contributed by atoms with Crippen LogP contribution in [0.5, 0.6) is 0 Å². The van der Waals surface area contributed by atoms with Crippen LogP contribution in [0, 0.1) is 6.92 Å². The van der Waals surface area contributed by atoms with Crippen LogP contribution in [0.1, 0.15) is 103 Å². The topological polar surface area (TPSA) is 0 Å². The fourth-order valence-electron chi connectivity index (χ4n) is 3.89. The van der Waals surface area contributed by atoms with Gasteiger partial charge >= 0.3 is 0 Å². The lowest BCUT2D eigenvalue weighted by Gasteiger charge is -2.18. The fourth-order valence-corrected chi connectivity index (χ4v) is 3.89. The molecule has 0 heterocycles. The van der Waals surface area contributed by atoms with Gasteiger partial charge in [0.05, 0.1) is 0 Å². The SMILES string of the molecule is C.CC.Cc1cc2cc3cc(C(C)C)c(C(C)C)cc3cc2cc1C(C)C. The quantitative estimate of drug-likeness (QED) is 0.406. The molecule has 0 aliphatic heterocycles. The number of benzene rings is 3. The molecule has 0 radical (unpaired) electrons. The molecule has 0 spiro atoms. The summed E-state index contributed by atoms with van der Waals surface area (Å²) in [7, 11) is 0. The monoisotopic (exact) mass is 364 g/mol. The Balaban J connectivity index is 0.00000118. The van der Waals surface area contributed by atoms with Gasteiger partial charge in [0.1, 0.15) is 0 Å². The van der Waals surface area contributed by atoms with E-state index in [2.05, 4.69) is 84.9 Å². The maximum Gasteiger partial charge on any atom is -0.0175 e. The van der Waals surface area contributed by atoms with Crippen LogP contribution in [0.15, 0.2) is 36.4 Å². The van der Waals surface area contributed by atoms with Gasteiger partial charge in [-0.1, -0.05) is 87.1 Å². The smallest absolute Gasteiger partial charge is 0.0175 e. The lowest BCUT2D eigenvalue weighted by atomic mass is 9.87. The highest BCUT2D eigenvalue weighted by atomic mass is 14.2. The largest absolute Gasteiger partial charge is 0.0776 e. The second kappa shape index (κ2) is 9.40. The van der Waals surface area contributed by atoms with Gasteiger partial charge in [-0.2, -0.15) is 0 Å². The lowest BCUT2D eigenvalue weighted by Crippen LogP contribution is -1.99. The zero-order chi connectivity index (χ0) is 19.6. The third-order valence-electron chi connectivity index (χ3n) is 5.25. The van der Waals surface area contributed by atoms with Gasteiger partial charge in [0, 0.05) is 0 Å². The predicted octanol–water partition coefficient (Wildman–Crippen LogP) is 9.33. The molecule has 148 valence electrons. The average Bonchev–Trinajstić information content (AvgIpc) is 2.59. The maximum atomic E-state index is 2.42. The van der Waals surface area contributed by atoms with Crippen LogP contribution in [0.4, 0.5) is 0 Å². The molecule has 27 heavy (non-hydrogen) atoms. The molecule has 0 aliphatic rings. The molecule has 3 rings (SSSR count). The minimum Gasteiger partial charge on any atom is -0.0776 e. The van der Waals surface area contributed by atoms with Crippen molar-refractivity contribution in [1.29, 1.82) is 0 Å². The summed E-state index contributed by atoms with van der Waals surface area (Å²) in [5.41, 5.74) is 5.85. The molecule has 3 aromatic carbocycles. The molecule has 0 atom stereocenters. The van der Waals surface area contributed by atoms with Gasteiger partial charge < -0.3 is 0 Å². The van der Waals surface area contributed by atoms with E-state index in [9.17, 15) is 0 Å². The molecule has 0 nitrogen and oxygen atoms in total. The zero-order valence-electron chi connectivity index (χ0n) is 18.2. The fraction of sp³-hybridized carbons (Fsp3) is 0.481. The molecule has 0 aliphatic carbocycles. The second-order valence-electron chi connectivity index (χ2n) is 8.20. The summed E-state index contributed by atoms with van der Waals surface area (Å²) in [5.74, 6) is 1.69. The minimum absolute atomic E-state index is 0. The van der Waals surface area contributed by atoms with E-state index in [0.717, 1.165) is 0 Å². The first-order valence-electron chi connectivity index (χ1n) is 10.3. The van der Waals surface area contributed by atoms with Crippen molar-refractivity contribution in [3.05, 3.63) is 58.7 Å². The van der Waals surface area contributed by atoms with Gasteiger partial charge in [0.25, 0.3) is 0 Å². The predicted molar refractivity (Wildman–Crippen MR) is 127 cm³/mol. The van der Waals surface area contributed by atoms with E-state index < -0.39 is 0 Å². The second-order valence-corrected chi connectivity index (χ2v) is 8.20. The Bertz CT molecular complexity index is 895. The molecule has 0 fully saturated rings. The molecule has 0 N–H and O–H groups in total. The summed E-state index contributed by atoms with van der Waals surface area (Å²) in [4.78, 5) is 0. The van der Waals surface area contributed by atoms with Gasteiger partial charge in [-0.25, -0.2) is 0 Å². The number of fused-ring (bicyclic) bond motifs is 2. The van der Waals surface area contributed by atoms with E-state index in [1.807, 2.05) is 13.8 Å². The molecule has 3 aromatic rings. The Morgan fingerprint density at radius 3 is 1.11 bits per heavy atom. The zero-order valence-corrected chi connectivity index (χ0v) is 18.2. The van der Waals surface area contributed by atoms with Crippen molar-refractivity contribution >= 4 is 21.5 Å². The van der Waals surface area contributed by atoms with Crippen molar-refractivity contribution in [2.24, 2.45) is 0 Å². The van der Waals surface area contributed by atoms with E-state index in [4.69, 9.17) is 0 Å². The highest BCUT2D eigenvalue weighted by Crippen LogP contribution is 2.34. The standard InChI is InChI=1S/C24H30.C2H6.CH4/c1-14(2)22-11-19-10-21-13-24(16(5)6)23(15(3)4)12-20(21)9-18(19)8-17(22)7;1-2;/h8-16H,1-7H3;1-2H3;1H4. The Labute approximate surface area is 168 Å². The highest BCUT2D eigenvalue weighted by Gasteiger charge is 2.13. The molecule has 0 saturated heterocycles. The Kier molecular flexibility index (Phi) is 8.08. The number of hydrogen-bond donors (Lipinski definition) is 0. The Hall–Kier alpha value is -1.82. The van der Waals surface area contributed by atoms with Gasteiger partial charge in [-0.05, 0) is 80.6 Å². The number of hydrogen-bond acceptors (Lipinski definition) is 0. The summed E-state index contributed by atoms with van der Waals surface area (Å²) in [5, 5.41) is 5.46. The van der Waals surface area contributed by atoms with E-state index >= 15 is 0 Å². The van der Waals surface area contributed by atoms with Gasteiger partial charge in [0.2, 0.25) is 0 Å². The lowest BCUT2D eigenvalue weighted by molar-refractivity contribution is 0.793. The van der Waals surface area contributed by atoms with Crippen LogP contribution >= 0.6 is 0 Å². The summed E-state index contributed by atoms with van der Waals surface area (Å²) in [6.45, 7) is 20.0. The van der Waals surface area contributed by atoms with Crippen molar-refractivity contribution in [2.75, 3.05) is 0 Å². The van der Waals surface area contributed by atoms with Gasteiger partial charge in [-0.3, -0.25) is 0 Å². The van der Waals surface area contributed by atoms with Crippen molar-refractivity contribution in [2.45, 2.75) is 87.5 Å². The first kappa shape index (κ1) is 23.2. The first-order valence-corrected chi connectivity index (χ1v) is 10.3. The van der Waals surface area contributed by atoms with Crippen LogP contribution in [0.2, 0.25) is 0 Å². The third-order valence-corrected chi connectivity index (χ3v) is 5.25. The minimum atomic E-state index is 0. The number of rotatable bonds is 3. The first-order chi connectivity index (χ1) is 12.3. The van der Waals surface area contributed by atoms with Crippen molar-refractivity contribution in [1.82, 2.24) is 0 Å². The molecule has 0 bridgehead atoms. The third kappa shape index (κ3) is 4.72. The molecule has 0 saturated carbocycles. The van der Waals surface area contributed by atoms with Crippen molar-refractivity contribution in [3.8, 4) is 0 Å².